The van der Waals surface area contributed by atoms with Crippen LogP contribution < -0.4 is 5.73 Å². The van der Waals surface area contributed by atoms with E-state index in [2.05, 4.69) is 31.0 Å². The molecule has 130 valence electrons. The van der Waals surface area contributed by atoms with Gasteiger partial charge in [0, 0.05) is 23.5 Å². The number of fused-ring (bicyclic) bond motifs is 1. The lowest BCUT2D eigenvalue weighted by molar-refractivity contribution is 0.0964. The number of piperidine rings is 1. The average Bonchev–Trinajstić information content (AvgIpc) is 3.01. The molecule has 24 heavy (non-hydrogen) atoms. The van der Waals surface area contributed by atoms with Gasteiger partial charge in [-0.2, -0.15) is 5.10 Å². The number of benzene rings is 1. The van der Waals surface area contributed by atoms with Crippen LogP contribution in [0.2, 0.25) is 5.02 Å². The predicted octanol–water partition coefficient (Wildman–Crippen LogP) is 4.14. The number of aromatic nitrogens is 2. The number of primary amides is 1. The van der Waals surface area contributed by atoms with Crippen LogP contribution in [-0.4, -0.2) is 34.2 Å². The van der Waals surface area contributed by atoms with Gasteiger partial charge in [-0.1, -0.05) is 32.4 Å². The third kappa shape index (κ3) is 2.97. The molecule has 1 aromatic heterocycles. The van der Waals surface area contributed by atoms with E-state index in [0.29, 0.717) is 11.8 Å². The normalized spacial score (nSPS) is 18.1. The Kier molecular flexibility index (Phi) is 4.47. The molecule has 0 radical (unpaired) electrons. The summed E-state index contributed by atoms with van der Waals surface area (Å²) in [6, 6.07) is 3.68. The summed E-state index contributed by atoms with van der Waals surface area (Å²) in [6.07, 6.45) is 3.77. The minimum absolute atomic E-state index is 0.0759. The number of rotatable bonds is 3. The smallest absolute Gasteiger partial charge is 0.314 e. The molecular weight excluding hydrogens is 324 g/mol. The summed E-state index contributed by atoms with van der Waals surface area (Å²) in [5.74, 6) is 0.837. The first-order valence-corrected chi connectivity index (χ1v) is 8.85. The van der Waals surface area contributed by atoms with Gasteiger partial charge in [0.15, 0.2) is 0 Å². The number of aromatic amines is 1. The first kappa shape index (κ1) is 17.1. The molecule has 0 saturated carbocycles. The Hall–Kier alpha value is -1.75. The van der Waals surface area contributed by atoms with E-state index >= 15 is 0 Å². The number of H-pyrrole nitrogens is 1. The fourth-order valence-electron chi connectivity index (χ4n) is 3.99. The molecule has 0 aliphatic carbocycles. The topological polar surface area (TPSA) is 75.0 Å². The number of hydrogen-bond acceptors (Lipinski definition) is 2. The number of nitrogens with two attached hydrogens (primary N) is 1. The molecule has 0 bridgehead atoms. The monoisotopic (exact) mass is 348 g/mol. The molecule has 1 aromatic carbocycles. The summed E-state index contributed by atoms with van der Waals surface area (Å²) in [5, 5.41) is 9.07. The van der Waals surface area contributed by atoms with Gasteiger partial charge < -0.3 is 10.6 Å². The summed E-state index contributed by atoms with van der Waals surface area (Å²) >= 11 is 6.31. The van der Waals surface area contributed by atoms with E-state index in [9.17, 15) is 4.79 Å². The summed E-state index contributed by atoms with van der Waals surface area (Å²) in [5.41, 5.74) is 7.75. The molecule has 3 rings (SSSR count). The van der Waals surface area contributed by atoms with Crippen LogP contribution in [0.4, 0.5) is 4.79 Å². The highest BCUT2D eigenvalue weighted by molar-refractivity contribution is 6.31. The first-order chi connectivity index (χ1) is 11.3. The molecule has 1 atom stereocenters. The second-order valence-corrected chi connectivity index (χ2v) is 7.91. The Bertz CT molecular complexity index is 747. The van der Waals surface area contributed by atoms with Gasteiger partial charge in [0.25, 0.3) is 0 Å². The second kappa shape index (κ2) is 6.28. The largest absolute Gasteiger partial charge is 0.351 e. The van der Waals surface area contributed by atoms with Crippen molar-refractivity contribution in [2.45, 2.75) is 39.5 Å². The summed E-state index contributed by atoms with van der Waals surface area (Å²) in [6.45, 7) is 8.36. The average molecular weight is 349 g/mol. The number of urea groups is 1. The molecule has 2 amide bonds. The van der Waals surface area contributed by atoms with Crippen molar-refractivity contribution < 1.29 is 4.79 Å². The first-order valence-electron chi connectivity index (χ1n) is 8.47. The molecule has 2 heterocycles. The van der Waals surface area contributed by atoms with Gasteiger partial charge in [-0.25, -0.2) is 4.79 Å². The van der Waals surface area contributed by atoms with Gasteiger partial charge >= 0.3 is 6.03 Å². The Balaban J connectivity index is 1.86. The van der Waals surface area contributed by atoms with E-state index in [1.54, 1.807) is 4.90 Å². The van der Waals surface area contributed by atoms with E-state index in [1.165, 1.54) is 5.56 Å². The lowest BCUT2D eigenvalue weighted by Crippen LogP contribution is -2.45. The molecule has 1 unspecified atom stereocenters. The van der Waals surface area contributed by atoms with Gasteiger partial charge in [0.1, 0.15) is 0 Å². The third-order valence-electron chi connectivity index (χ3n) is 5.99. The standard InChI is InChI=1S/C18H25ClN4O/c1-11(15-9-14(19)8-12-10-21-22-16(12)15)18(2,3)13-4-6-23(7-5-13)17(20)24/h8-11,13H,4-7H2,1-3H3,(H2,20,24)(H,21,22). The van der Waals surface area contributed by atoms with E-state index in [-0.39, 0.29) is 11.4 Å². The molecule has 1 fully saturated rings. The molecule has 0 spiro atoms. The molecular formula is C18H25ClN4O. The highest BCUT2D eigenvalue weighted by atomic mass is 35.5. The van der Waals surface area contributed by atoms with Gasteiger partial charge in [-0.15, -0.1) is 0 Å². The third-order valence-corrected chi connectivity index (χ3v) is 6.20. The van der Waals surface area contributed by atoms with Crippen molar-refractivity contribution in [1.82, 2.24) is 15.1 Å². The molecule has 1 aliphatic heterocycles. The maximum absolute atomic E-state index is 11.3. The lowest BCUT2D eigenvalue weighted by Gasteiger charge is -2.44. The van der Waals surface area contributed by atoms with Crippen LogP contribution in [0.3, 0.4) is 0 Å². The maximum Gasteiger partial charge on any atom is 0.314 e. The highest BCUT2D eigenvalue weighted by Gasteiger charge is 2.38. The van der Waals surface area contributed by atoms with Gasteiger partial charge in [0.05, 0.1) is 11.7 Å². The number of amides is 2. The minimum atomic E-state index is -0.312. The Morgan fingerprint density at radius 1 is 1.42 bits per heavy atom. The van der Waals surface area contributed by atoms with E-state index in [1.807, 2.05) is 18.3 Å². The van der Waals surface area contributed by atoms with Crippen molar-refractivity contribution in [3.63, 3.8) is 0 Å². The zero-order valence-corrected chi connectivity index (χ0v) is 15.2. The molecule has 6 heteroatoms. The van der Waals surface area contributed by atoms with Crippen LogP contribution in [0.1, 0.15) is 45.1 Å². The summed E-state index contributed by atoms with van der Waals surface area (Å²) in [4.78, 5) is 13.1. The van der Waals surface area contributed by atoms with Crippen molar-refractivity contribution >= 4 is 28.5 Å². The fraction of sp³-hybridized carbons (Fsp3) is 0.556. The minimum Gasteiger partial charge on any atom is -0.351 e. The lowest BCUT2D eigenvalue weighted by atomic mass is 9.64. The van der Waals surface area contributed by atoms with Crippen molar-refractivity contribution in [3.05, 3.63) is 28.9 Å². The zero-order valence-electron chi connectivity index (χ0n) is 14.5. The fourth-order valence-corrected chi connectivity index (χ4v) is 4.22. The zero-order chi connectivity index (χ0) is 17.5. The number of hydrogen-bond donors (Lipinski definition) is 2. The van der Waals surface area contributed by atoms with Gasteiger partial charge in [0.2, 0.25) is 0 Å². The SMILES string of the molecule is CC(c1cc(Cl)cc2cn[nH]c12)C(C)(C)C1CCN(C(N)=O)CC1. The van der Waals surface area contributed by atoms with Crippen LogP contribution in [0.5, 0.6) is 0 Å². The molecule has 2 aromatic rings. The maximum atomic E-state index is 11.3. The number of likely N-dealkylation sites (tertiary alicyclic amines) is 1. The Labute approximate surface area is 147 Å². The van der Waals surface area contributed by atoms with E-state index in [0.717, 1.165) is 41.9 Å². The van der Waals surface area contributed by atoms with Gasteiger partial charge in [-0.3, -0.25) is 5.10 Å². The predicted molar refractivity (Wildman–Crippen MR) is 97.2 cm³/mol. The van der Waals surface area contributed by atoms with Crippen molar-refractivity contribution in [3.8, 4) is 0 Å². The number of nitrogens with zero attached hydrogens (tertiary/aromatic N) is 2. The van der Waals surface area contributed by atoms with Gasteiger partial charge in [-0.05, 0) is 47.8 Å². The number of halogens is 1. The van der Waals surface area contributed by atoms with Crippen LogP contribution in [-0.2, 0) is 0 Å². The summed E-state index contributed by atoms with van der Waals surface area (Å²) < 4.78 is 0. The van der Waals surface area contributed by atoms with Crippen molar-refractivity contribution in [2.24, 2.45) is 17.1 Å². The second-order valence-electron chi connectivity index (χ2n) is 7.47. The Morgan fingerprint density at radius 2 is 2.08 bits per heavy atom. The van der Waals surface area contributed by atoms with Crippen LogP contribution in [0, 0.1) is 11.3 Å². The van der Waals surface area contributed by atoms with E-state index < -0.39 is 0 Å². The summed E-state index contributed by atoms with van der Waals surface area (Å²) in [7, 11) is 0. The quantitative estimate of drug-likeness (QED) is 0.874. The molecule has 1 aliphatic rings. The van der Waals surface area contributed by atoms with Crippen molar-refractivity contribution in [2.75, 3.05) is 13.1 Å². The number of carbonyl (C=O) groups excluding carboxylic acids is 1. The van der Waals surface area contributed by atoms with Crippen LogP contribution in [0.25, 0.3) is 10.9 Å². The number of nitrogens with one attached hydrogen (secondary N) is 1. The van der Waals surface area contributed by atoms with Crippen LogP contribution >= 0.6 is 11.6 Å². The molecule has 1 saturated heterocycles. The van der Waals surface area contributed by atoms with Crippen molar-refractivity contribution in [1.29, 1.82) is 0 Å². The molecule has 3 N–H and O–H groups in total. The molecule has 5 nitrogen and oxygen atoms in total. The highest BCUT2D eigenvalue weighted by Crippen LogP contribution is 2.47. The van der Waals surface area contributed by atoms with Crippen LogP contribution in [0.15, 0.2) is 18.3 Å². The van der Waals surface area contributed by atoms with E-state index in [4.69, 9.17) is 17.3 Å². The number of carbonyl (C=O) groups is 1. The Morgan fingerprint density at radius 3 is 2.71 bits per heavy atom.